The summed E-state index contributed by atoms with van der Waals surface area (Å²) < 4.78 is 26.4. The Hall–Kier alpha value is -1.98. The third-order valence-electron chi connectivity index (χ3n) is 5.20. The Balaban J connectivity index is 1.60. The molecule has 1 saturated heterocycles. The van der Waals surface area contributed by atoms with Crippen LogP contribution in [-0.2, 0) is 4.79 Å². The largest absolute Gasteiger partial charge is 0.353 e. The Kier molecular flexibility index (Phi) is 5.66. The van der Waals surface area contributed by atoms with E-state index in [9.17, 15) is 18.4 Å². The van der Waals surface area contributed by atoms with E-state index in [-0.39, 0.29) is 29.3 Å². The molecule has 2 amide bonds. The van der Waals surface area contributed by atoms with E-state index in [4.69, 9.17) is 0 Å². The van der Waals surface area contributed by atoms with E-state index >= 15 is 0 Å². The minimum atomic E-state index is -1.03. The van der Waals surface area contributed by atoms with Crippen molar-refractivity contribution in [2.45, 2.75) is 51.0 Å². The maximum absolute atomic E-state index is 13.4. The molecule has 1 saturated carbocycles. The average molecular weight is 350 g/mol. The Morgan fingerprint density at radius 3 is 2.48 bits per heavy atom. The lowest BCUT2D eigenvalue weighted by molar-refractivity contribution is -0.127. The molecule has 0 unspecified atom stereocenters. The predicted octanol–water partition coefficient (Wildman–Crippen LogP) is 3.27. The third kappa shape index (κ3) is 4.35. The van der Waals surface area contributed by atoms with Gasteiger partial charge in [0.25, 0.3) is 5.91 Å². The standard InChI is InChI=1S/C19H24F2N2O2/c20-16-9-8-13(11-17(16)21)19(25)23-10-4-5-14(12-23)18(24)22-15-6-2-1-3-7-15/h8-9,11,14-15H,1-7,10,12H2,(H,22,24)/t14-/m1/s1. The van der Waals surface area contributed by atoms with E-state index in [2.05, 4.69) is 5.32 Å². The van der Waals surface area contributed by atoms with Crippen molar-refractivity contribution in [3.63, 3.8) is 0 Å². The molecule has 4 nitrogen and oxygen atoms in total. The highest BCUT2D eigenvalue weighted by Gasteiger charge is 2.30. The molecule has 1 aromatic rings. The van der Waals surface area contributed by atoms with Crippen molar-refractivity contribution < 1.29 is 18.4 Å². The van der Waals surface area contributed by atoms with Crippen molar-refractivity contribution in [1.29, 1.82) is 0 Å². The van der Waals surface area contributed by atoms with Gasteiger partial charge in [-0.05, 0) is 43.9 Å². The molecule has 0 spiro atoms. The summed E-state index contributed by atoms with van der Waals surface area (Å²) >= 11 is 0. The zero-order valence-corrected chi connectivity index (χ0v) is 14.3. The van der Waals surface area contributed by atoms with Crippen LogP contribution >= 0.6 is 0 Å². The molecule has 136 valence electrons. The molecule has 6 heteroatoms. The number of likely N-dealkylation sites (tertiary alicyclic amines) is 1. The highest BCUT2D eigenvalue weighted by Crippen LogP contribution is 2.22. The summed E-state index contributed by atoms with van der Waals surface area (Å²) in [5.74, 6) is -2.58. The summed E-state index contributed by atoms with van der Waals surface area (Å²) in [7, 11) is 0. The van der Waals surface area contributed by atoms with E-state index in [0.29, 0.717) is 13.1 Å². The van der Waals surface area contributed by atoms with Crippen molar-refractivity contribution in [2.24, 2.45) is 5.92 Å². The van der Waals surface area contributed by atoms with E-state index in [1.807, 2.05) is 0 Å². The summed E-state index contributed by atoms with van der Waals surface area (Å²) in [5.41, 5.74) is 0.118. The third-order valence-corrected chi connectivity index (χ3v) is 5.20. The van der Waals surface area contributed by atoms with Gasteiger partial charge in [-0.25, -0.2) is 8.78 Å². The topological polar surface area (TPSA) is 49.4 Å². The smallest absolute Gasteiger partial charge is 0.253 e. The van der Waals surface area contributed by atoms with Gasteiger partial charge in [-0.1, -0.05) is 19.3 Å². The minimum absolute atomic E-state index is 0.00897. The van der Waals surface area contributed by atoms with Gasteiger partial charge >= 0.3 is 0 Å². The molecule has 0 bridgehead atoms. The highest BCUT2D eigenvalue weighted by molar-refractivity contribution is 5.94. The molecular formula is C19H24F2N2O2. The number of carbonyl (C=O) groups excluding carboxylic acids is 2. The van der Waals surface area contributed by atoms with Gasteiger partial charge < -0.3 is 10.2 Å². The maximum atomic E-state index is 13.4. The number of halogens is 2. The number of piperidine rings is 1. The normalized spacial score (nSPS) is 21.8. The van der Waals surface area contributed by atoms with Crippen LogP contribution in [-0.4, -0.2) is 35.8 Å². The summed E-state index contributed by atoms with van der Waals surface area (Å²) in [4.78, 5) is 26.6. The number of nitrogens with one attached hydrogen (secondary N) is 1. The Labute approximate surface area is 146 Å². The molecular weight excluding hydrogens is 326 g/mol. The van der Waals surface area contributed by atoms with Gasteiger partial charge in [-0.2, -0.15) is 0 Å². The Bertz CT molecular complexity index is 644. The number of nitrogens with zero attached hydrogens (tertiary/aromatic N) is 1. The molecule has 1 heterocycles. The fourth-order valence-corrected chi connectivity index (χ4v) is 3.75. The van der Waals surface area contributed by atoms with Gasteiger partial charge in [0.15, 0.2) is 11.6 Å². The van der Waals surface area contributed by atoms with Gasteiger partial charge in [0.2, 0.25) is 5.91 Å². The molecule has 1 atom stereocenters. The number of rotatable bonds is 3. The van der Waals surface area contributed by atoms with Crippen molar-refractivity contribution in [3.05, 3.63) is 35.4 Å². The van der Waals surface area contributed by atoms with Crippen LogP contribution in [0.5, 0.6) is 0 Å². The lowest BCUT2D eigenvalue weighted by atomic mass is 9.93. The van der Waals surface area contributed by atoms with Gasteiger partial charge in [-0.3, -0.25) is 9.59 Å². The molecule has 1 aromatic carbocycles. The van der Waals surface area contributed by atoms with Crippen LogP contribution in [0.3, 0.4) is 0 Å². The first kappa shape index (κ1) is 17.8. The second-order valence-electron chi connectivity index (χ2n) is 7.06. The maximum Gasteiger partial charge on any atom is 0.253 e. The highest BCUT2D eigenvalue weighted by atomic mass is 19.2. The molecule has 1 aliphatic heterocycles. The fraction of sp³-hybridized carbons (Fsp3) is 0.579. The van der Waals surface area contributed by atoms with Gasteiger partial charge in [0.05, 0.1) is 5.92 Å². The zero-order chi connectivity index (χ0) is 17.8. The van der Waals surface area contributed by atoms with Crippen LogP contribution in [0.15, 0.2) is 18.2 Å². The molecule has 0 aromatic heterocycles. The second-order valence-corrected chi connectivity index (χ2v) is 7.06. The summed E-state index contributed by atoms with van der Waals surface area (Å²) in [6.07, 6.45) is 7.06. The molecule has 3 rings (SSSR count). The first-order valence-corrected chi connectivity index (χ1v) is 9.09. The number of hydrogen-bond acceptors (Lipinski definition) is 2. The second kappa shape index (κ2) is 7.93. The number of benzene rings is 1. The number of carbonyl (C=O) groups is 2. The average Bonchev–Trinajstić information content (AvgIpc) is 2.64. The molecule has 1 aliphatic carbocycles. The Morgan fingerprint density at radius 2 is 1.76 bits per heavy atom. The van der Waals surface area contributed by atoms with Gasteiger partial charge in [0, 0.05) is 24.7 Å². The zero-order valence-electron chi connectivity index (χ0n) is 14.3. The van der Waals surface area contributed by atoms with Crippen molar-refractivity contribution >= 4 is 11.8 Å². The van der Waals surface area contributed by atoms with Crippen LogP contribution in [0.4, 0.5) is 8.78 Å². The van der Waals surface area contributed by atoms with E-state index in [1.165, 1.54) is 12.5 Å². The lowest BCUT2D eigenvalue weighted by Gasteiger charge is -2.33. The van der Waals surface area contributed by atoms with Crippen LogP contribution in [0.25, 0.3) is 0 Å². The molecule has 2 aliphatic rings. The summed E-state index contributed by atoms with van der Waals surface area (Å²) in [6.45, 7) is 0.863. The Morgan fingerprint density at radius 1 is 1.00 bits per heavy atom. The van der Waals surface area contributed by atoms with Crippen LogP contribution in [0.1, 0.15) is 55.3 Å². The lowest BCUT2D eigenvalue weighted by Crippen LogP contribution is -2.48. The van der Waals surface area contributed by atoms with Crippen molar-refractivity contribution in [2.75, 3.05) is 13.1 Å². The monoisotopic (exact) mass is 350 g/mol. The predicted molar refractivity (Wildman–Crippen MR) is 90.0 cm³/mol. The summed E-state index contributed by atoms with van der Waals surface area (Å²) in [5, 5.41) is 3.12. The molecule has 0 radical (unpaired) electrons. The SMILES string of the molecule is O=C(NC1CCCCC1)[C@@H]1CCCN(C(=O)c2ccc(F)c(F)c2)C1. The summed E-state index contributed by atoms with van der Waals surface area (Å²) in [6, 6.07) is 3.41. The molecule has 1 N–H and O–H groups in total. The first-order chi connectivity index (χ1) is 12.0. The molecule has 25 heavy (non-hydrogen) atoms. The van der Waals surface area contributed by atoms with Crippen LogP contribution in [0, 0.1) is 17.6 Å². The fourth-order valence-electron chi connectivity index (χ4n) is 3.75. The van der Waals surface area contributed by atoms with Gasteiger partial charge in [0.1, 0.15) is 0 Å². The molecule has 2 fully saturated rings. The van der Waals surface area contributed by atoms with Gasteiger partial charge in [-0.15, -0.1) is 0 Å². The number of hydrogen-bond donors (Lipinski definition) is 1. The van der Waals surface area contributed by atoms with Crippen molar-refractivity contribution in [1.82, 2.24) is 10.2 Å². The quantitative estimate of drug-likeness (QED) is 0.910. The van der Waals surface area contributed by atoms with E-state index in [1.54, 1.807) is 4.90 Å². The van der Waals surface area contributed by atoms with E-state index in [0.717, 1.165) is 50.7 Å². The van der Waals surface area contributed by atoms with Crippen LogP contribution < -0.4 is 5.32 Å². The van der Waals surface area contributed by atoms with E-state index < -0.39 is 11.6 Å². The van der Waals surface area contributed by atoms with Crippen molar-refractivity contribution in [3.8, 4) is 0 Å². The van der Waals surface area contributed by atoms with Crippen LogP contribution in [0.2, 0.25) is 0 Å². The minimum Gasteiger partial charge on any atom is -0.353 e. The first-order valence-electron chi connectivity index (χ1n) is 9.09. The number of amides is 2.